The Labute approximate surface area is 123 Å². The Balaban J connectivity index is 1.67. The van der Waals surface area contributed by atoms with Crippen LogP contribution in [0.15, 0.2) is 17.0 Å². The van der Waals surface area contributed by atoms with Crippen LogP contribution in [0.2, 0.25) is 0 Å². The van der Waals surface area contributed by atoms with Gasteiger partial charge >= 0.3 is 6.18 Å². The summed E-state index contributed by atoms with van der Waals surface area (Å²) in [6.07, 6.45) is 0.388. The van der Waals surface area contributed by atoms with Gasteiger partial charge in [-0.1, -0.05) is 5.16 Å². The molecule has 0 spiro atoms. The lowest BCUT2D eigenvalue weighted by atomic mass is 9.96. The second kappa shape index (κ2) is 5.67. The van der Waals surface area contributed by atoms with Crippen LogP contribution >= 0.6 is 0 Å². The maximum atomic E-state index is 13.4. The van der Waals surface area contributed by atoms with Crippen LogP contribution in [-0.2, 0) is 18.5 Å². The van der Waals surface area contributed by atoms with Gasteiger partial charge in [0.15, 0.2) is 5.54 Å². The number of aryl methyl sites for hydroxylation is 2. The van der Waals surface area contributed by atoms with Gasteiger partial charge in [0, 0.05) is 5.56 Å². The van der Waals surface area contributed by atoms with Gasteiger partial charge in [-0.2, -0.15) is 18.0 Å². The molecule has 1 aliphatic heterocycles. The Bertz CT molecular complexity index is 603. The third-order valence-electron chi connectivity index (χ3n) is 3.78. The van der Waals surface area contributed by atoms with Crippen molar-refractivity contribution in [2.24, 2.45) is 0 Å². The molecule has 0 aliphatic carbocycles. The fraction of sp³-hybridized carbons (Fsp3) is 0.667. The third kappa shape index (κ3) is 2.70. The van der Waals surface area contributed by atoms with Crippen LogP contribution < -0.4 is 5.32 Å². The molecule has 0 saturated carbocycles. The molecular formula is C12H15F3N6O. The molecule has 0 bridgehead atoms. The van der Waals surface area contributed by atoms with Crippen molar-refractivity contribution in [1.29, 1.82) is 0 Å². The van der Waals surface area contributed by atoms with Crippen molar-refractivity contribution in [3.63, 3.8) is 0 Å². The monoisotopic (exact) mass is 316 g/mol. The SMILES string of the molecule is FC(F)(F)C1(c2nnn(CCCc3cnoc3)n2)CCCN1. The van der Waals surface area contributed by atoms with Gasteiger partial charge in [-0.05, 0) is 37.4 Å². The van der Waals surface area contributed by atoms with E-state index in [0.29, 0.717) is 32.4 Å². The molecule has 1 N–H and O–H groups in total. The second-order valence-electron chi connectivity index (χ2n) is 5.28. The third-order valence-corrected chi connectivity index (χ3v) is 3.78. The largest absolute Gasteiger partial charge is 0.414 e. The van der Waals surface area contributed by atoms with E-state index in [-0.39, 0.29) is 12.2 Å². The Hall–Kier alpha value is -1.97. The number of hydrogen-bond acceptors (Lipinski definition) is 6. The molecule has 7 nitrogen and oxygen atoms in total. The molecule has 1 aliphatic rings. The number of aromatic nitrogens is 5. The first-order chi connectivity index (χ1) is 10.5. The fourth-order valence-corrected chi connectivity index (χ4v) is 2.59. The zero-order valence-corrected chi connectivity index (χ0v) is 11.7. The van der Waals surface area contributed by atoms with Gasteiger partial charge in [-0.25, -0.2) is 0 Å². The molecule has 120 valence electrons. The van der Waals surface area contributed by atoms with Crippen LogP contribution in [0.4, 0.5) is 13.2 Å². The Morgan fingerprint density at radius 1 is 1.41 bits per heavy atom. The zero-order valence-electron chi connectivity index (χ0n) is 11.7. The lowest BCUT2D eigenvalue weighted by molar-refractivity contribution is -0.198. The molecule has 2 aromatic heterocycles. The molecule has 1 fully saturated rings. The highest BCUT2D eigenvalue weighted by Crippen LogP contribution is 2.43. The first-order valence-electron chi connectivity index (χ1n) is 6.99. The van der Waals surface area contributed by atoms with Crippen LogP contribution in [-0.4, -0.2) is 38.1 Å². The molecule has 0 amide bonds. The average molecular weight is 316 g/mol. The van der Waals surface area contributed by atoms with Crippen LogP contribution in [0.3, 0.4) is 0 Å². The molecule has 3 heterocycles. The van der Waals surface area contributed by atoms with Gasteiger partial charge in [0.1, 0.15) is 6.26 Å². The number of nitrogens with one attached hydrogen (secondary N) is 1. The molecule has 1 atom stereocenters. The minimum absolute atomic E-state index is 0.0666. The van der Waals surface area contributed by atoms with E-state index in [4.69, 9.17) is 4.52 Å². The van der Waals surface area contributed by atoms with Crippen molar-refractivity contribution in [1.82, 2.24) is 30.7 Å². The van der Waals surface area contributed by atoms with Crippen molar-refractivity contribution in [3.8, 4) is 0 Å². The van der Waals surface area contributed by atoms with Gasteiger partial charge in [0.2, 0.25) is 5.82 Å². The Morgan fingerprint density at radius 3 is 2.91 bits per heavy atom. The van der Waals surface area contributed by atoms with Crippen LogP contribution in [0, 0.1) is 0 Å². The molecule has 22 heavy (non-hydrogen) atoms. The lowest BCUT2D eigenvalue weighted by Gasteiger charge is -2.28. The van der Waals surface area contributed by atoms with Crippen molar-refractivity contribution in [2.45, 2.75) is 43.9 Å². The van der Waals surface area contributed by atoms with Crippen LogP contribution in [0.25, 0.3) is 0 Å². The summed E-state index contributed by atoms with van der Waals surface area (Å²) in [4.78, 5) is 1.20. The highest BCUT2D eigenvalue weighted by molar-refractivity contribution is 5.11. The van der Waals surface area contributed by atoms with Crippen molar-refractivity contribution < 1.29 is 17.7 Å². The van der Waals surface area contributed by atoms with E-state index in [0.717, 1.165) is 5.56 Å². The Kier molecular flexibility index (Phi) is 3.85. The molecule has 0 aromatic carbocycles. The van der Waals surface area contributed by atoms with E-state index in [1.54, 1.807) is 6.20 Å². The van der Waals surface area contributed by atoms with Gasteiger partial charge in [0.05, 0.1) is 12.7 Å². The summed E-state index contributed by atoms with van der Waals surface area (Å²) in [5, 5.41) is 17.4. The first-order valence-corrected chi connectivity index (χ1v) is 6.99. The smallest absolute Gasteiger partial charge is 0.364 e. The fourth-order valence-electron chi connectivity index (χ4n) is 2.59. The summed E-state index contributed by atoms with van der Waals surface area (Å²) in [5.41, 5.74) is -1.25. The molecule has 2 aromatic rings. The first kappa shape index (κ1) is 14.9. The maximum Gasteiger partial charge on any atom is 0.414 e. The number of nitrogens with zero attached hydrogens (tertiary/aromatic N) is 5. The maximum absolute atomic E-state index is 13.4. The minimum atomic E-state index is -4.44. The van der Waals surface area contributed by atoms with E-state index >= 15 is 0 Å². The molecule has 0 radical (unpaired) electrons. The number of alkyl halides is 3. The minimum Gasteiger partial charge on any atom is -0.364 e. The molecule has 3 rings (SSSR count). The van der Waals surface area contributed by atoms with E-state index in [1.165, 1.54) is 11.1 Å². The topological polar surface area (TPSA) is 81.7 Å². The number of hydrogen-bond donors (Lipinski definition) is 1. The van der Waals surface area contributed by atoms with Crippen molar-refractivity contribution in [3.05, 3.63) is 23.8 Å². The summed E-state index contributed by atoms with van der Waals surface area (Å²) < 4.78 is 44.8. The predicted octanol–water partition coefficient (Wildman–Crippen LogP) is 1.43. The van der Waals surface area contributed by atoms with Gasteiger partial charge in [-0.3, -0.25) is 5.32 Å². The van der Waals surface area contributed by atoms with Crippen molar-refractivity contribution >= 4 is 0 Å². The van der Waals surface area contributed by atoms with E-state index in [2.05, 4.69) is 25.9 Å². The normalized spacial score (nSPS) is 22.3. The van der Waals surface area contributed by atoms with Crippen molar-refractivity contribution in [2.75, 3.05) is 6.54 Å². The Morgan fingerprint density at radius 2 is 2.27 bits per heavy atom. The quantitative estimate of drug-likeness (QED) is 0.899. The standard InChI is InChI=1S/C12H15F3N6O/c13-12(14,15)11(4-2-5-16-11)10-18-20-21(19-10)6-1-3-9-7-17-22-8-9/h7-8,16H,1-6H2. The van der Waals surface area contributed by atoms with E-state index in [9.17, 15) is 13.2 Å². The molecule has 10 heteroatoms. The molecule has 1 saturated heterocycles. The highest BCUT2D eigenvalue weighted by atomic mass is 19.4. The summed E-state index contributed by atoms with van der Waals surface area (Å²) in [6.45, 7) is 0.674. The molecular weight excluding hydrogens is 301 g/mol. The number of tetrazole rings is 1. The summed E-state index contributed by atoms with van der Waals surface area (Å²) in [7, 11) is 0. The van der Waals surface area contributed by atoms with Gasteiger partial charge in [0.25, 0.3) is 0 Å². The van der Waals surface area contributed by atoms with E-state index in [1.807, 2.05) is 0 Å². The van der Waals surface area contributed by atoms with Crippen LogP contribution in [0.1, 0.15) is 30.7 Å². The lowest BCUT2D eigenvalue weighted by Crippen LogP contribution is -2.50. The summed E-state index contributed by atoms with van der Waals surface area (Å²) >= 11 is 0. The summed E-state index contributed by atoms with van der Waals surface area (Å²) in [6, 6.07) is 0. The highest BCUT2D eigenvalue weighted by Gasteiger charge is 2.60. The second-order valence-corrected chi connectivity index (χ2v) is 5.28. The zero-order chi connectivity index (χ0) is 15.6. The van der Waals surface area contributed by atoms with Gasteiger partial charge in [-0.15, -0.1) is 10.2 Å². The number of halogens is 3. The number of rotatable bonds is 5. The predicted molar refractivity (Wildman–Crippen MR) is 67.6 cm³/mol. The average Bonchev–Trinajstić information content (AvgIpc) is 3.20. The van der Waals surface area contributed by atoms with E-state index < -0.39 is 11.7 Å². The van der Waals surface area contributed by atoms with Gasteiger partial charge < -0.3 is 4.52 Å². The van der Waals surface area contributed by atoms with Crippen LogP contribution in [0.5, 0.6) is 0 Å². The summed E-state index contributed by atoms with van der Waals surface area (Å²) in [5.74, 6) is -0.303. The molecule has 1 unspecified atom stereocenters.